The number of hydrogen-bond donors (Lipinski definition) is 9. The lowest BCUT2D eigenvalue weighted by atomic mass is 9.97. The first-order chi connectivity index (χ1) is 44.6. The summed E-state index contributed by atoms with van der Waals surface area (Å²) in [6.45, 7) is 2.87. The fraction of sp³-hybridized carbons (Fsp3) is 0.935. The molecule has 1 amide bonds. The molecule has 0 aromatic heterocycles. The van der Waals surface area contributed by atoms with E-state index in [4.69, 9.17) is 18.9 Å². The molecule has 2 fully saturated rings. The first-order valence-corrected chi connectivity index (χ1v) is 39.1. The second-order valence-corrected chi connectivity index (χ2v) is 27.8. The molecule has 0 aromatic rings. The zero-order valence-electron chi connectivity index (χ0n) is 58.9. The smallest absolute Gasteiger partial charge is 0.220 e. The summed E-state index contributed by atoms with van der Waals surface area (Å²) in [5.74, 6) is -0.231. The first kappa shape index (κ1) is 85.6. The Bertz CT molecular complexity index is 1620. The Morgan fingerprint density at radius 2 is 0.692 bits per heavy atom. The van der Waals surface area contributed by atoms with Crippen molar-refractivity contribution in [3.05, 3.63) is 24.3 Å². The van der Waals surface area contributed by atoms with Gasteiger partial charge in [0.2, 0.25) is 5.91 Å². The standard InChI is InChI=1S/C77H147NO13/c1-3-5-7-9-11-13-15-17-19-21-23-25-27-29-31-33-35-37-39-41-43-45-47-49-51-53-55-57-59-61-69(82)78-65(64-88-76-74(87)72(85)75(68(63-80)90-76)91-77-73(86)71(84)70(83)67(62-79)89-77)66(81)60-58-56-54-52-50-48-46-44-42-40-38-36-34-32-30-28-26-24-22-20-18-16-14-12-10-8-6-4-2/h21,23,58,60,65-68,70-77,79-81,83-87H,3-20,22,24-57,59,61-64H2,1-2H3,(H,78,82)/b23-21-,60-58+. The molecule has 0 radical (unpaired) electrons. The van der Waals surface area contributed by atoms with E-state index in [1.165, 1.54) is 302 Å². The number of nitrogens with one attached hydrogen (secondary N) is 1. The Hall–Kier alpha value is -1.53. The molecule has 0 bridgehead atoms. The molecule has 12 unspecified atom stereocenters. The van der Waals surface area contributed by atoms with Crippen molar-refractivity contribution in [3.8, 4) is 0 Å². The van der Waals surface area contributed by atoms with Crippen LogP contribution in [-0.4, -0.2) is 140 Å². The van der Waals surface area contributed by atoms with Crippen molar-refractivity contribution in [1.82, 2.24) is 5.32 Å². The summed E-state index contributed by atoms with van der Waals surface area (Å²) in [5, 5.41) is 87.6. The molecule has 0 saturated carbocycles. The van der Waals surface area contributed by atoms with Gasteiger partial charge in [0.05, 0.1) is 32.0 Å². The molecule has 0 aliphatic carbocycles. The number of hydrogen-bond acceptors (Lipinski definition) is 13. The molecule has 14 nitrogen and oxygen atoms in total. The summed E-state index contributed by atoms with van der Waals surface area (Å²) >= 11 is 0. The van der Waals surface area contributed by atoms with Crippen molar-refractivity contribution >= 4 is 5.91 Å². The monoisotopic (exact) mass is 1290 g/mol. The van der Waals surface area contributed by atoms with Crippen LogP contribution in [0, 0.1) is 0 Å². The number of rotatable bonds is 66. The molecule has 0 aromatic carbocycles. The number of unbranched alkanes of at least 4 members (excludes halogenated alkanes) is 51. The van der Waals surface area contributed by atoms with Gasteiger partial charge in [-0.2, -0.15) is 0 Å². The molecular formula is C77H147NO13. The number of carbonyl (C=O) groups is 1. The number of ether oxygens (including phenoxy) is 4. The average molecular weight is 1300 g/mol. The maximum absolute atomic E-state index is 13.4. The highest BCUT2D eigenvalue weighted by Crippen LogP contribution is 2.30. The number of aliphatic hydroxyl groups is 8. The highest BCUT2D eigenvalue weighted by atomic mass is 16.7. The van der Waals surface area contributed by atoms with Crippen molar-refractivity contribution in [2.45, 2.75) is 441 Å². The molecule has 2 aliphatic rings. The molecule has 2 rings (SSSR count). The van der Waals surface area contributed by atoms with Crippen LogP contribution in [0.2, 0.25) is 0 Å². The lowest BCUT2D eigenvalue weighted by Gasteiger charge is -2.46. The van der Waals surface area contributed by atoms with Crippen LogP contribution in [0.15, 0.2) is 24.3 Å². The van der Waals surface area contributed by atoms with E-state index in [1.54, 1.807) is 6.08 Å². The summed E-state index contributed by atoms with van der Waals surface area (Å²) < 4.78 is 22.9. The van der Waals surface area contributed by atoms with Gasteiger partial charge in [0.1, 0.15) is 48.8 Å². The average Bonchev–Trinajstić information content (AvgIpc) is 1.06. The van der Waals surface area contributed by atoms with Crippen LogP contribution in [0.5, 0.6) is 0 Å². The summed E-state index contributed by atoms with van der Waals surface area (Å²) in [6.07, 6.45) is 62.5. The first-order valence-electron chi connectivity index (χ1n) is 39.1. The Labute approximate surface area is 558 Å². The maximum Gasteiger partial charge on any atom is 0.220 e. The molecule has 2 saturated heterocycles. The SMILES string of the molecule is CCCCCCCCCC/C=C\CCCCCCCCCCCCCCCCCCCC(=O)NC(COC1OC(CO)C(OC2OC(CO)C(O)C(O)C2O)C(O)C1O)C(O)/C=C/CCCCCCCCCCCCCCCCCCCCCCCCCCCC. The van der Waals surface area contributed by atoms with Crippen LogP contribution in [0.3, 0.4) is 0 Å². The largest absolute Gasteiger partial charge is 0.394 e. The van der Waals surface area contributed by atoms with E-state index >= 15 is 0 Å². The third-order valence-electron chi connectivity index (χ3n) is 19.4. The van der Waals surface area contributed by atoms with Crippen LogP contribution in [0.25, 0.3) is 0 Å². The summed E-state index contributed by atoms with van der Waals surface area (Å²) in [7, 11) is 0. The highest BCUT2D eigenvalue weighted by Gasteiger charge is 2.51. The zero-order valence-corrected chi connectivity index (χ0v) is 58.9. The lowest BCUT2D eigenvalue weighted by Crippen LogP contribution is -2.65. The molecule has 91 heavy (non-hydrogen) atoms. The predicted octanol–water partition coefficient (Wildman–Crippen LogP) is 17.1. The number of carbonyl (C=O) groups excluding carboxylic acids is 1. The maximum atomic E-state index is 13.4. The number of amides is 1. The normalized spacial score (nSPS) is 22.8. The van der Waals surface area contributed by atoms with Gasteiger partial charge in [0.15, 0.2) is 12.6 Å². The van der Waals surface area contributed by atoms with E-state index in [9.17, 15) is 45.6 Å². The summed E-state index contributed by atoms with van der Waals surface area (Å²) in [6, 6.07) is -0.914. The van der Waals surface area contributed by atoms with Gasteiger partial charge < -0.3 is 65.1 Å². The zero-order chi connectivity index (χ0) is 65.9. The molecule has 12 atom stereocenters. The van der Waals surface area contributed by atoms with Gasteiger partial charge >= 0.3 is 0 Å². The third-order valence-corrected chi connectivity index (χ3v) is 19.4. The van der Waals surface area contributed by atoms with Gasteiger partial charge in [0, 0.05) is 6.42 Å². The highest BCUT2D eigenvalue weighted by molar-refractivity contribution is 5.76. The molecule has 9 N–H and O–H groups in total. The molecule has 2 aliphatic heterocycles. The molecule has 14 heteroatoms. The topological polar surface area (TPSA) is 228 Å². The van der Waals surface area contributed by atoms with Crippen molar-refractivity contribution < 1.29 is 64.6 Å². The minimum absolute atomic E-state index is 0.231. The van der Waals surface area contributed by atoms with E-state index < -0.39 is 86.8 Å². The van der Waals surface area contributed by atoms with E-state index in [-0.39, 0.29) is 18.9 Å². The van der Waals surface area contributed by atoms with E-state index in [2.05, 4.69) is 31.3 Å². The Kier molecular flexibility index (Phi) is 58.3. The van der Waals surface area contributed by atoms with Crippen LogP contribution < -0.4 is 5.32 Å². The van der Waals surface area contributed by atoms with Gasteiger partial charge in [-0.3, -0.25) is 4.79 Å². The van der Waals surface area contributed by atoms with Crippen molar-refractivity contribution in [2.24, 2.45) is 0 Å². The number of aliphatic hydroxyl groups excluding tert-OH is 8. The minimum atomic E-state index is -1.79. The summed E-state index contributed by atoms with van der Waals surface area (Å²) in [4.78, 5) is 13.4. The second kappa shape index (κ2) is 62.0. The van der Waals surface area contributed by atoms with Crippen LogP contribution in [0.4, 0.5) is 0 Å². The number of allylic oxidation sites excluding steroid dienone is 3. The fourth-order valence-corrected chi connectivity index (χ4v) is 13.2. The van der Waals surface area contributed by atoms with E-state index in [0.29, 0.717) is 6.42 Å². The van der Waals surface area contributed by atoms with Crippen LogP contribution in [-0.2, 0) is 23.7 Å². The van der Waals surface area contributed by atoms with E-state index in [1.807, 2.05) is 6.08 Å². The minimum Gasteiger partial charge on any atom is -0.394 e. The van der Waals surface area contributed by atoms with Gasteiger partial charge in [-0.05, 0) is 44.9 Å². The van der Waals surface area contributed by atoms with Crippen molar-refractivity contribution in [3.63, 3.8) is 0 Å². The van der Waals surface area contributed by atoms with Gasteiger partial charge in [-0.1, -0.05) is 340 Å². The fourth-order valence-electron chi connectivity index (χ4n) is 13.2. The predicted molar refractivity (Wildman–Crippen MR) is 374 cm³/mol. The molecule has 2 heterocycles. The summed E-state index contributed by atoms with van der Waals surface area (Å²) in [5.41, 5.74) is 0. The molecule has 0 spiro atoms. The second-order valence-electron chi connectivity index (χ2n) is 27.8. The van der Waals surface area contributed by atoms with Crippen LogP contribution >= 0.6 is 0 Å². The Balaban J connectivity index is 1.63. The molecule has 538 valence electrons. The van der Waals surface area contributed by atoms with Crippen LogP contribution in [0.1, 0.15) is 367 Å². The lowest BCUT2D eigenvalue weighted by molar-refractivity contribution is -0.359. The van der Waals surface area contributed by atoms with Gasteiger partial charge in [-0.25, -0.2) is 0 Å². The quantitative estimate of drug-likeness (QED) is 0.0204. The molecular weight excluding hydrogens is 1150 g/mol. The van der Waals surface area contributed by atoms with E-state index in [0.717, 1.165) is 38.5 Å². The van der Waals surface area contributed by atoms with Crippen molar-refractivity contribution in [2.75, 3.05) is 19.8 Å². The van der Waals surface area contributed by atoms with Gasteiger partial charge in [-0.15, -0.1) is 0 Å². The van der Waals surface area contributed by atoms with Crippen molar-refractivity contribution in [1.29, 1.82) is 0 Å². The Morgan fingerprint density at radius 3 is 1.04 bits per heavy atom. The van der Waals surface area contributed by atoms with Gasteiger partial charge in [0.25, 0.3) is 0 Å². The Morgan fingerprint density at radius 1 is 0.385 bits per heavy atom. The third kappa shape index (κ3) is 45.6.